The Kier molecular flexibility index (Phi) is 5.99. The Morgan fingerprint density at radius 1 is 1.41 bits per heavy atom. The summed E-state index contributed by atoms with van der Waals surface area (Å²) in [6.45, 7) is 4.25. The number of hydrogen-bond acceptors (Lipinski definition) is 3. The summed E-state index contributed by atoms with van der Waals surface area (Å²) in [5.41, 5.74) is 6.30. The molecule has 0 bridgehead atoms. The van der Waals surface area contributed by atoms with Gasteiger partial charge >= 0.3 is 0 Å². The van der Waals surface area contributed by atoms with E-state index in [1.54, 1.807) is 31.4 Å². The number of benzene rings is 1. The van der Waals surface area contributed by atoms with Gasteiger partial charge in [-0.05, 0) is 26.0 Å². The fraction of sp³-hybridized carbons (Fsp3) is 0.417. The smallest absolute Gasteiger partial charge is 0.253 e. The molecule has 0 spiro atoms. The van der Waals surface area contributed by atoms with Gasteiger partial charge in [0.15, 0.2) is 0 Å². The van der Waals surface area contributed by atoms with Gasteiger partial charge in [-0.15, -0.1) is 12.4 Å². The maximum Gasteiger partial charge on any atom is 0.253 e. The van der Waals surface area contributed by atoms with Crippen molar-refractivity contribution in [1.29, 1.82) is 0 Å². The van der Waals surface area contributed by atoms with Crippen molar-refractivity contribution >= 4 is 24.0 Å². The molecule has 17 heavy (non-hydrogen) atoms. The maximum absolute atomic E-state index is 11.8. The van der Waals surface area contributed by atoms with Crippen molar-refractivity contribution in [1.82, 2.24) is 5.32 Å². The molecule has 0 aliphatic rings. The lowest BCUT2D eigenvalue weighted by atomic mass is 10.1. The zero-order chi connectivity index (χ0) is 12.2. The Morgan fingerprint density at radius 3 is 2.53 bits per heavy atom. The minimum atomic E-state index is -0.376. The Labute approximate surface area is 108 Å². The molecule has 1 aromatic carbocycles. The second kappa shape index (κ2) is 6.47. The van der Waals surface area contributed by atoms with Gasteiger partial charge in [-0.25, -0.2) is 0 Å². The third-order valence-corrected chi connectivity index (χ3v) is 2.43. The van der Waals surface area contributed by atoms with E-state index in [9.17, 15) is 4.79 Å². The average molecular weight is 259 g/mol. The van der Waals surface area contributed by atoms with Crippen molar-refractivity contribution in [3.63, 3.8) is 0 Å². The molecule has 1 rings (SSSR count). The molecule has 0 saturated heterocycles. The van der Waals surface area contributed by atoms with Crippen molar-refractivity contribution in [2.45, 2.75) is 19.4 Å². The number of amides is 1. The summed E-state index contributed by atoms with van der Waals surface area (Å²) in [7, 11) is 1.61. The van der Waals surface area contributed by atoms with Crippen LogP contribution in [0.5, 0.6) is 0 Å². The van der Waals surface area contributed by atoms with E-state index in [1.807, 2.05) is 13.8 Å². The average Bonchev–Trinajstić information content (AvgIpc) is 2.27. The van der Waals surface area contributed by atoms with Crippen LogP contribution in [-0.4, -0.2) is 25.2 Å². The van der Waals surface area contributed by atoms with E-state index < -0.39 is 0 Å². The third-order valence-electron chi connectivity index (χ3n) is 2.43. The summed E-state index contributed by atoms with van der Waals surface area (Å²) in [4.78, 5) is 11.8. The summed E-state index contributed by atoms with van der Waals surface area (Å²) in [6.07, 6.45) is 0. The Balaban J connectivity index is 0.00000256. The van der Waals surface area contributed by atoms with E-state index >= 15 is 0 Å². The van der Waals surface area contributed by atoms with Crippen LogP contribution >= 0.6 is 12.4 Å². The zero-order valence-corrected chi connectivity index (χ0v) is 11.1. The van der Waals surface area contributed by atoms with E-state index in [2.05, 4.69) is 5.32 Å². The first-order valence-electron chi connectivity index (χ1n) is 5.14. The van der Waals surface area contributed by atoms with Crippen LogP contribution in [0.2, 0.25) is 0 Å². The molecule has 1 aromatic rings. The standard InChI is InChI=1S/C12H18N2O2.ClH/c1-12(2,16-3)8-14-11(15)9-6-4-5-7-10(9)13;/h4-7H,8,13H2,1-3H3,(H,14,15);1H. The quantitative estimate of drug-likeness (QED) is 0.810. The number of methoxy groups -OCH3 is 1. The third kappa shape index (κ3) is 4.63. The van der Waals surface area contributed by atoms with Crippen molar-refractivity contribution in [3.05, 3.63) is 29.8 Å². The number of hydrogen-bond donors (Lipinski definition) is 2. The highest BCUT2D eigenvalue weighted by molar-refractivity contribution is 5.99. The van der Waals surface area contributed by atoms with Crippen LogP contribution in [0.4, 0.5) is 5.69 Å². The molecule has 0 radical (unpaired) electrons. The van der Waals surface area contributed by atoms with Crippen molar-refractivity contribution in [2.24, 2.45) is 0 Å². The molecule has 0 atom stereocenters. The normalized spacial score (nSPS) is 10.5. The molecule has 0 heterocycles. The number of nitrogen functional groups attached to an aromatic ring is 1. The highest BCUT2D eigenvalue weighted by Crippen LogP contribution is 2.11. The molecule has 0 unspecified atom stereocenters. The van der Waals surface area contributed by atoms with Crippen LogP contribution in [-0.2, 0) is 4.74 Å². The van der Waals surface area contributed by atoms with Crippen LogP contribution in [0.1, 0.15) is 24.2 Å². The first-order chi connectivity index (χ1) is 7.46. The largest absolute Gasteiger partial charge is 0.398 e. The summed E-state index contributed by atoms with van der Waals surface area (Å²) >= 11 is 0. The van der Waals surface area contributed by atoms with Crippen LogP contribution in [0.15, 0.2) is 24.3 Å². The number of carbonyl (C=O) groups excluding carboxylic acids is 1. The number of para-hydroxylation sites is 1. The van der Waals surface area contributed by atoms with Gasteiger partial charge < -0.3 is 15.8 Å². The van der Waals surface area contributed by atoms with E-state index in [0.717, 1.165) is 0 Å². The van der Waals surface area contributed by atoms with Gasteiger partial charge in [0.2, 0.25) is 0 Å². The lowest BCUT2D eigenvalue weighted by Crippen LogP contribution is -2.39. The molecule has 0 fully saturated rings. The Bertz CT molecular complexity index is 381. The fourth-order valence-corrected chi connectivity index (χ4v) is 1.16. The Hall–Kier alpha value is -1.26. The molecular formula is C12H19ClN2O2. The highest BCUT2D eigenvalue weighted by Gasteiger charge is 2.18. The molecule has 1 amide bonds. The monoisotopic (exact) mass is 258 g/mol. The molecule has 0 aromatic heterocycles. The van der Waals surface area contributed by atoms with Gasteiger partial charge in [0, 0.05) is 19.3 Å². The zero-order valence-electron chi connectivity index (χ0n) is 10.3. The summed E-state index contributed by atoms with van der Waals surface area (Å²) in [5.74, 6) is -0.178. The number of anilines is 1. The van der Waals surface area contributed by atoms with Gasteiger partial charge in [-0.2, -0.15) is 0 Å². The lowest BCUT2D eigenvalue weighted by molar-refractivity contribution is 0.0229. The number of carbonyl (C=O) groups is 1. The molecule has 3 N–H and O–H groups in total. The topological polar surface area (TPSA) is 64.3 Å². The minimum absolute atomic E-state index is 0. The van der Waals surface area contributed by atoms with Crippen LogP contribution in [0.25, 0.3) is 0 Å². The maximum atomic E-state index is 11.8. The van der Waals surface area contributed by atoms with Crippen LogP contribution in [0.3, 0.4) is 0 Å². The summed E-state index contributed by atoms with van der Waals surface area (Å²) in [6, 6.07) is 6.98. The molecule has 96 valence electrons. The first-order valence-corrected chi connectivity index (χ1v) is 5.14. The van der Waals surface area contributed by atoms with Crippen molar-refractivity contribution < 1.29 is 9.53 Å². The van der Waals surface area contributed by atoms with E-state index in [-0.39, 0.29) is 23.9 Å². The Morgan fingerprint density at radius 2 is 2.00 bits per heavy atom. The van der Waals surface area contributed by atoms with Gasteiger partial charge in [0.1, 0.15) is 0 Å². The molecule has 0 saturated carbocycles. The summed E-state index contributed by atoms with van der Waals surface area (Å²) < 4.78 is 5.21. The molecule has 4 nitrogen and oxygen atoms in total. The van der Waals surface area contributed by atoms with Crippen LogP contribution < -0.4 is 11.1 Å². The SMILES string of the molecule is COC(C)(C)CNC(=O)c1ccccc1N.Cl. The number of nitrogens with one attached hydrogen (secondary N) is 1. The van der Waals surface area contributed by atoms with Crippen molar-refractivity contribution in [3.8, 4) is 0 Å². The van der Waals surface area contributed by atoms with Gasteiger partial charge in [0.25, 0.3) is 5.91 Å². The van der Waals surface area contributed by atoms with Crippen molar-refractivity contribution in [2.75, 3.05) is 19.4 Å². The number of ether oxygens (including phenoxy) is 1. The number of rotatable bonds is 4. The number of nitrogens with two attached hydrogens (primary N) is 1. The number of halogens is 1. The fourth-order valence-electron chi connectivity index (χ4n) is 1.16. The lowest BCUT2D eigenvalue weighted by Gasteiger charge is -2.23. The van der Waals surface area contributed by atoms with E-state index in [4.69, 9.17) is 10.5 Å². The van der Waals surface area contributed by atoms with Crippen LogP contribution in [0, 0.1) is 0 Å². The molecular weight excluding hydrogens is 240 g/mol. The molecule has 0 aliphatic carbocycles. The first kappa shape index (κ1) is 15.7. The second-order valence-corrected chi connectivity index (χ2v) is 4.23. The molecule has 5 heteroatoms. The highest BCUT2D eigenvalue weighted by atomic mass is 35.5. The van der Waals surface area contributed by atoms with Gasteiger partial charge in [-0.1, -0.05) is 12.1 Å². The van der Waals surface area contributed by atoms with E-state index in [1.165, 1.54) is 0 Å². The summed E-state index contributed by atoms with van der Waals surface area (Å²) in [5, 5.41) is 2.79. The predicted octanol–water partition coefficient (Wildman–Crippen LogP) is 1.85. The van der Waals surface area contributed by atoms with Gasteiger partial charge in [0.05, 0.1) is 11.2 Å². The minimum Gasteiger partial charge on any atom is -0.398 e. The predicted molar refractivity (Wildman–Crippen MR) is 71.5 cm³/mol. The van der Waals surface area contributed by atoms with Gasteiger partial charge in [-0.3, -0.25) is 4.79 Å². The van der Waals surface area contributed by atoms with E-state index in [0.29, 0.717) is 17.8 Å². The molecule has 0 aliphatic heterocycles. The second-order valence-electron chi connectivity index (χ2n) is 4.23.